The second-order valence-electron chi connectivity index (χ2n) is 9.78. The fraction of sp³-hybridized carbons (Fsp3) is 0.361. The molecule has 0 fully saturated rings. The van der Waals surface area contributed by atoms with Crippen LogP contribution < -0.4 is 5.56 Å². The van der Waals surface area contributed by atoms with E-state index in [1.807, 2.05) is 0 Å². The maximum atomic E-state index is 14.8. The molecule has 11 heteroatoms. The van der Waals surface area contributed by atoms with E-state index in [-0.39, 0.29) is 23.9 Å². The number of aromatic nitrogens is 2. The first-order chi connectivity index (χ1) is 29.7. The van der Waals surface area contributed by atoms with Crippen molar-refractivity contribution in [2.24, 2.45) is 0 Å². The van der Waals surface area contributed by atoms with Gasteiger partial charge in [-0.2, -0.15) is 18.2 Å². The third-order valence-corrected chi connectivity index (χ3v) is 7.61. The Morgan fingerprint density at radius 2 is 1.62 bits per heavy atom. The minimum atomic E-state index is -5.38. The molecule has 0 saturated heterocycles. The number of hydrogen-bond acceptors (Lipinski definition) is 5. The molecule has 0 aliphatic heterocycles. The van der Waals surface area contributed by atoms with Gasteiger partial charge in [-0.1, -0.05) is 74.0 Å². The van der Waals surface area contributed by atoms with Crippen molar-refractivity contribution in [3.8, 4) is 11.1 Å². The van der Waals surface area contributed by atoms with E-state index in [4.69, 9.17) is 21.9 Å². The Labute approximate surface area is 301 Å². The van der Waals surface area contributed by atoms with E-state index in [9.17, 15) is 29.9 Å². The molecule has 47 heavy (non-hydrogen) atoms. The fourth-order valence-corrected chi connectivity index (χ4v) is 4.97. The fourth-order valence-electron chi connectivity index (χ4n) is 4.23. The van der Waals surface area contributed by atoms with Gasteiger partial charge < -0.3 is 14.4 Å². The van der Waals surface area contributed by atoms with Gasteiger partial charge in [-0.05, 0) is 78.7 Å². The van der Waals surface area contributed by atoms with Crippen LogP contribution in [0.3, 0.4) is 0 Å². The van der Waals surface area contributed by atoms with Crippen LogP contribution in [0, 0.1) is 5.82 Å². The zero-order chi connectivity index (χ0) is 49.5. The van der Waals surface area contributed by atoms with Crippen LogP contribution in [0.1, 0.15) is 72.8 Å². The quantitative estimate of drug-likeness (QED) is 0.0846. The summed E-state index contributed by atoms with van der Waals surface area (Å²) in [5.41, 5.74) is -12.0. The minimum Gasteiger partial charge on any atom is -0.336 e. The SMILES string of the molecule is [2H]c1c([2H])c(C(F)(F)F)c([2H])c([2H])c1-c1c([2H])c([2H])c(C([2H])([2H])N(CCN(CC)CC)C(=O)Cn2c(SC([2H])([2H])c3ccc(F)cc3)nc(=O)c3c2C([2H])([2H])C([2H])([2H])C3([2H])[2H])c([2H])c1[2H]. The van der Waals surface area contributed by atoms with Crippen LogP contribution in [0.15, 0.2) is 82.6 Å². The van der Waals surface area contributed by atoms with E-state index in [2.05, 4.69) is 4.98 Å². The molecular formula is C36H38F4N4O2S. The molecule has 4 aromatic rings. The highest BCUT2D eigenvalue weighted by molar-refractivity contribution is 7.98. The van der Waals surface area contributed by atoms with Gasteiger partial charge in [0.05, 0.1) is 19.3 Å². The van der Waals surface area contributed by atoms with E-state index in [0.29, 0.717) is 22.6 Å². The number of hydrogen-bond donors (Lipinski definition) is 0. The van der Waals surface area contributed by atoms with Gasteiger partial charge >= 0.3 is 6.18 Å². The van der Waals surface area contributed by atoms with Crippen LogP contribution in [0.4, 0.5) is 17.6 Å². The number of thioether (sulfide) groups is 1. The van der Waals surface area contributed by atoms with Gasteiger partial charge in [0.25, 0.3) is 5.56 Å². The van der Waals surface area contributed by atoms with Gasteiger partial charge in [-0.15, -0.1) is 0 Å². The number of nitrogens with zero attached hydrogens (tertiary/aromatic N) is 4. The molecule has 1 aliphatic rings. The average Bonchev–Trinajstić information content (AvgIpc) is 3.30. The highest BCUT2D eigenvalue weighted by Gasteiger charge is 2.30. The number of carbonyl (C=O) groups is 1. The summed E-state index contributed by atoms with van der Waals surface area (Å²) in [5, 5.41) is -0.844. The standard InChI is InChI=1S/C36H38F4N4O2S/c1-3-42(4-2)20-21-43(22-25-8-12-27(13-9-25)28-14-16-29(17-15-28)36(38,39)40)33(45)23-44-32-7-5-6-31(32)34(46)41-35(44)47-24-26-10-18-30(37)19-11-26/h8-19H,3-7,20-24H2,1-2H3/i5D2,6D2,7D2,8D,9D,12D,13D,14D,15D,16D,17D,22D2,24D2. The van der Waals surface area contributed by atoms with Crippen LogP contribution >= 0.6 is 11.8 Å². The molecule has 3 aromatic carbocycles. The lowest BCUT2D eigenvalue weighted by molar-refractivity contribution is -0.137. The first-order valence-electron chi connectivity index (χ1n) is 23.1. The second kappa shape index (κ2) is 15.3. The van der Waals surface area contributed by atoms with E-state index >= 15 is 0 Å². The molecular weight excluding hydrogens is 628 g/mol. The van der Waals surface area contributed by atoms with E-state index < -0.39 is 155 Å². The lowest BCUT2D eigenvalue weighted by atomic mass is 10.0. The molecule has 1 aliphatic carbocycles. The molecule has 1 amide bonds. The number of likely N-dealkylation sites (N-methyl/N-ethyl adjacent to an activating group) is 1. The Hall–Kier alpha value is -3.96. The average molecular weight is 685 g/mol. The molecule has 1 heterocycles. The van der Waals surface area contributed by atoms with Crippen molar-refractivity contribution in [3.63, 3.8) is 0 Å². The van der Waals surface area contributed by atoms with Gasteiger partial charge in [0.1, 0.15) is 12.4 Å². The summed E-state index contributed by atoms with van der Waals surface area (Å²) in [6, 6.07) is -7.22. The van der Waals surface area contributed by atoms with Gasteiger partial charge in [0.2, 0.25) is 5.91 Å². The van der Waals surface area contributed by atoms with Crippen molar-refractivity contribution >= 4 is 17.7 Å². The first kappa shape index (κ1) is 18.0. The number of benzene rings is 3. The van der Waals surface area contributed by atoms with Crippen molar-refractivity contribution in [1.82, 2.24) is 19.4 Å². The third-order valence-electron chi connectivity index (χ3n) is 6.78. The first-order valence-corrected chi connectivity index (χ1v) is 14.9. The molecule has 0 spiro atoms. The largest absolute Gasteiger partial charge is 0.416 e. The number of rotatable bonds is 13. The van der Waals surface area contributed by atoms with Gasteiger partial charge in [-0.25, -0.2) is 4.39 Å². The molecule has 0 N–H and O–H groups in total. The topological polar surface area (TPSA) is 58.4 Å². The van der Waals surface area contributed by atoms with Crippen LogP contribution in [-0.4, -0.2) is 51.4 Å². The summed E-state index contributed by atoms with van der Waals surface area (Å²) in [6.45, 7) is -1.64. The molecule has 5 rings (SSSR count). The molecule has 0 bridgehead atoms. The van der Waals surface area contributed by atoms with Crippen molar-refractivity contribution in [1.29, 1.82) is 0 Å². The number of fused-ring (bicyclic) bond motifs is 1. The summed E-state index contributed by atoms with van der Waals surface area (Å²) < 4.78 is 211. The van der Waals surface area contributed by atoms with Crippen LogP contribution in [-0.2, 0) is 42.5 Å². The maximum absolute atomic E-state index is 14.8. The summed E-state index contributed by atoms with van der Waals surface area (Å²) in [5.74, 6) is -2.20. The summed E-state index contributed by atoms with van der Waals surface area (Å²) in [6.07, 6.45) is -15.8. The van der Waals surface area contributed by atoms with Crippen molar-refractivity contribution < 1.29 is 47.0 Å². The summed E-state index contributed by atoms with van der Waals surface area (Å²) in [4.78, 5) is 34.2. The lowest BCUT2D eigenvalue weighted by Crippen LogP contribution is -2.40. The number of amides is 1. The number of alkyl halides is 3. The zero-order valence-electron chi connectivity index (χ0n) is 42.9. The molecule has 0 saturated carbocycles. The Bertz CT molecular complexity index is 2570. The number of halogens is 4. The van der Waals surface area contributed by atoms with Crippen molar-refractivity contribution in [2.45, 2.75) is 63.0 Å². The number of carbonyl (C=O) groups excluding carboxylic acids is 1. The van der Waals surface area contributed by atoms with Gasteiger partial charge in [-0.3, -0.25) is 9.59 Å². The third kappa shape index (κ3) is 8.70. The van der Waals surface area contributed by atoms with Crippen molar-refractivity contribution in [3.05, 3.63) is 117 Å². The predicted octanol–water partition coefficient (Wildman–Crippen LogP) is 7.22. The minimum absolute atomic E-state index is 0.0596. The highest BCUT2D eigenvalue weighted by Crippen LogP contribution is 2.31. The molecule has 0 atom stereocenters. The zero-order valence-corrected chi connectivity index (χ0v) is 25.7. The Morgan fingerprint density at radius 3 is 2.23 bits per heavy atom. The van der Waals surface area contributed by atoms with E-state index in [0.717, 1.165) is 24.3 Å². The predicted molar refractivity (Wildman–Crippen MR) is 177 cm³/mol. The Kier molecular flexibility index (Phi) is 5.85. The lowest BCUT2D eigenvalue weighted by Gasteiger charge is -2.28. The van der Waals surface area contributed by atoms with Gasteiger partial charge in [0.15, 0.2) is 5.16 Å². The summed E-state index contributed by atoms with van der Waals surface area (Å²) in [7, 11) is 0. The molecule has 1 aromatic heterocycles. The van der Waals surface area contributed by atoms with Gasteiger partial charge in [0, 0.05) is 47.5 Å². The smallest absolute Gasteiger partial charge is 0.336 e. The van der Waals surface area contributed by atoms with E-state index in [1.54, 1.807) is 18.7 Å². The maximum Gasteiger partial charge on any atom is 0.416 e. The van der Waals surface area contributed by atoms with Crippen molar-refractivity contribution in [2.75, 3.05) is 26.2 Å². The van der Waals surface area contributed by atoms with Crippen LogP contribution in [0.25, 0.3) is 11.1 Å². The Balaban J connectivity index is 1.77. The van der Waals surface area contributed by atoms with Crippen LogP contribution in [0.5, 0.6) is 0 Å². The normalized spacial score (nSPS) is 22.2. The summed E-state index contributed by atoms with van der Waals surface area (Å²) >= 11 is 0.0596. The molecule has 6 nitrogen and oxygen atoms in total. The van der Waals surface area contributed by atoms with E-state index in [1.165, 1.54) is 0 Å². The van der Waals surface area contributed by atoms with Crippen LogP contribution in [0.2, 0.25) is 0 Å². The molecule has 248 valence electrons. The Morgan fingerprint density at radius 1 is 0.979 bits per heavy atom. The monoisotopic (exact) mass is 684 g/mol. The molecule has 0 unspecified atom stereocenters. The highest BCUT2D eigenvalue weighted by atomic mass is 32.2. The molecule has 0 radical (unpaired) electrons. The second-order valence-corrected chi connectivity index (χ2v) is 10.6.